The lowest BCUT2D eigenvalue weighted by atomic mass is 10.1. The van der Waals surface area contributed by atoms with Crippen LogP contribution in [0.5, 0.6) is 5.75 Å². The molecule has 1 N–H and O–H groups in total. The molecule has 0 radical (unpaired) electrons. The number of amides is 1. The first-order chi connectivity index (χ1) is 14.5. The molecule has 0 saturated heterocycles. The molecule has 1 atom stereocenters. The van der Waals surface area contributed by atoms with Crippen LogP contribution in [-0.4, -0.2) is 34.9 Å². The van der Waals surface area contributed by atoms with Crippen LogP contribution in [0.3, 0.4) is 0 Å². The molecule has 4 rings (SSSR count). The molecule has 1 aromatic carbocycles. The highest BCUT2D eigenvalue weighted by Crippen LogP contribution is 2.35. The summed E-state index contributed by atoms with van der Waals surface area (Å²) in [6.07, 6.45) is 5.37. The van der Waals surface area contributed by atoms with Crippen molar-refractivity contribution in [2.24, 2.45) is 0 Å². The van der Waals surface area contributed by atoms with Crippen LogP contribution in [0, 0.1) is 0 Å². The zero-order chi connectivity index (χ0) is 21.3. The van der Waals surface area contributed by atoms with Gasteiger partial charge in [0.05, 0.1) is 23.4 Å². The smallest absolute Gasteiger partial charge is 0.267 e. The van der Waals surface area contributed by atoms with Crippen LogP contribution in [-0.2, 0) is 17.6 Å². The van der Waals surface area contributed by atoms with Crippen molar-refractivity contribution in [1.82, 2.24) is 14.9 Å². The summed E-state index contributed by atoms with van der Waals surface area (Å²) in [7, 11) is 3.22. The molecule has 0 fully saturated rings. The number of aromatic nitrogens is 2. The third-order valence-electron chi connectivity index (χ3n) is 5.42. The maximum atomic E-state index is 13.8. The molecule has 1 aliphatic carbocycles. The van der Waals surface area contributed by atoms with E-state index in [1.54, 1.807) is 30.1 Å². The monoisotopic (exact) mass is 443 g/mol. The number of thioether (sulfide) groups is 1. The molecule has 8 heteroatoms. The normalized spacial score (nSPS) is 14.8. The maximum Gasteiger partial charge on any atom is 0.267 e. The van der Waals surface area contributed by atoms with Gasteiger partial charge in [0.1, 0.15) is 10.6 Å². The van der Waals surface area contributed by atoms with Gasteiger partial charge in [0.2, 0.25) is 5.91 Å². The molecule has 2 heterocycles. The van der Waals surface area contributed by atoms with Crippen LogP contribution in [0.15, 0.2) is 34.2 Å². The quantitative estimate of drug-likeness (QED) is 0.367. The van der Waals surface area contributed by atoms with Crippen molar-refractivity contribution in [2.75, 3.05) is 14.2 Å². The first-order valence-corrected chi connectivity index (χ1v) is 11.8. The minimum Gasteiger partial charge on any atom is -0.497 e. The lowest BCUT2D eigenvalue weighted by Crippen LogP contribution is -2.29. The Hall–Kier alpha value is -2.32. The second kappa shape index (κ2) is 8.81. The number of hydrogen-bond donors (Lipinski definition) is 1. The van der Waals surface area contributed by atoms with Crippen molar-refractivity contribution in [3.05, 3.63) is 45.1 Å². The molecule has 1 aliphatic rings. The van der Waals surface area contributed by atoms with Gasteiger partial charge < -0.3 is 10.1 Å². The van der Waals surface area contributed by atoms with Gasteiger partial charge in [-0.05, 0) is 50.3 Å². The lowest BCUT2D eigenvalue weighted by Gasteiger charge is -2.16. The Bertz CT molecular complexity index is 1150. The third-order valence-corrected chi connectivity index (χ3v) is 7.66. The molecule has 2 aromatic heterocycles. The molecule has 0 spiro atoms. The summed E-state index contributed by atoms with van der Waals surface area (Å²) in [6, 6.07) is 7.40. The first kappa shape index (κ1) is 20.9. The molecular weight excluding hydrogens is 418 g/mol. The van der Waals surface area contributed by atoms with Crippen molar-refractivity contribution in [1.29, 1.82) is 0 Å². The number of hydrogen-bond acceptors (Lipinski definition) is 6. The van der Waals surface area contributed by atoms with E-state index in [1.807, 2.05) is 31.2 Å². The Morgan fingerprint density at radius 2 is 2.10 bits per heavy atom. The van der Waals surface area contributed by atoms with Crippen LogP contribution in [0.1, 0.15) is 36.6 Å². The standard InChI is InChI=1S/C22H25N3O3S2/c1-13(19(26)23-2)29-22-24-20-18(16-10-5-4-6-11-17(16)30-20)21(27)25(22)14-8-7-9-15(12-14)28-3/h7-9,12-13H,4-6,10-11H2,1-3H3,(H,23,26). The van der Waals surface area contributed by atoms with E-state index in [9.17, 15) is 9.59 Å². The number of nitrogens with zero attached hydrogens (tertiary/aromatic N) is 2. The fourth-order valence-corrected chi connectivity index (χ4v) is 6.12. The predicted molar refractivity (Wildman–Crippen MR) is 122 cm³/mol. The van der Waals surface area contributed by atoms with Crippen LogP contribution in [0.2, 0.25) is 0 Å². The lowest BCUT2D eigenvalue weighted by molar-refractivity contribution is -0.119. The topological polar surface area (TPSA) is 73.2 Å². The van der Waals surface area contributed by atoms with Crippen LogP contribution < -0.4 is 15.6 Å². The molecule has 158 valence electrons. The number of methoxy groups -OCH3 is 1. The van der Waals surface area contributed by atoms with E-state index < -0.39 is 0 Å². The Labute approximate surface area is 183 Å². The molecule has 1 unspecified atom stereocenters. The Morgan fingerprint density at radius 3 is 2.87 bits per heavy atom. The fraction of sp³-hybridized carbons (Fsp3) is 0.409. The van der Waals surface area contributed by atoms with E-state index in [0.29, 0.717) is 16.6 Å². The van der Waals surface area contributed by atoms with E-state index in [2.05, 4.69) is 5.32 Å². The maximum absolute atomic E-state index is 13.8. The number of benzene rings is 1. The van der Waals surface area contributed by atoms with Crippen molar-refractivity contribution in [3.8, 4) is 11.4 Å². The van der Waals surface area contributed by atoms with Gasteiger partial charge in [0, 0.05) is 18.0 Å². The summed E-state index contributed by atoms with van der Waals surface area (Å²) in [5, 5.41) is 3.54. The number of aryl methyl sites for hydroxylation is 2. The number of thiophene rings is 1. The van der Waals surface area contributed by atoms with Crippen molar-refractivity contribution < 1.29 is 9.53 Å². The molecule has 0 aliphatic heterocycles. The predicted octanol–water partition coefficient (Wildman–Crippen LogP) is 3.95. The second-order valence-electron chi connectivity index (χ2n) is 7.36. The van der Waals surface area contributed by atoms with Crippen molar-refractivity contribution in [3.63, 3.8) is 0 Å². The zero-order valence-corrected chi connectivity index (χ0v) is 19.0. The fourth-order valence-electron chi connectivity index (χ4n) is 3.83. The number of carbonyl (C=O) groups is 1. The molecule has 0 bridgehead atoms. The molecular formula is C22H25N3O3S2. The van der Waals surface area contributed by atoms with Gasteiger partial charge in [-0.3, -0.25) is 14.2 Å². The number of nitrogens with one attached hydrogen (secondary N) is 1. The van der Waals surface area contributed by atoms with Crippen LogP contribution >= 0.6 is 23.1 Å². The highest BCUT2D eigenvalue weighted by molar-refractivity contribution is 8.00. The second-order valence-corrected chi connectivity index (χ2v) is 9.75. The number of carbonyl (C=O) groups excluding carboxylic acids is 1. The van der Waals surface area contributed by atoms with Gasteiger partial charge in [-0.25, -0.2) is 4.98 Å². The van der Waals surface area contributed by atoms with Gasteiger partial charge in [-0.1, -0.05) is 24.2 Å². The van der Waals surface area contributed by atoms with Crippen LogP contribution in [0.25, 0.3) is 15.9 Å². The van der Waals surface area contributed by atoms with Crippen molar-refractivity contribution >= 4 is 39.2 Å². The Morgan fingerprint density at radius 1 is 1.30 bits per heavy atom. The summed E-state index contributed by atoms with van der Waals surface area (Å²) in [4.78, 5) is 32.9. The minimum absolute atomic E-state index is 0.0701. The summed E-state index contributed by atoms with van der Waals surface area (Å²) in [5.74, 6) is 0.562. The van der Waals surface area contributed by atoms with Crippen LogP contribution in [0.4, 0.5) is 0 Å². The summed E-state index contributed by atoms with van der Waals surface area (Å²) in [5.41, 5.74) is 1.78. The molecule has 6 nitrogen and oxygen atoms in total. The largest absolute Gasteiger partial charge is 0.497 e. The Balaban J connectivity index is 1.96. The SMILES string of the molecule is CNC(=O)C(C)Sc1nc2sc3c(c2c(=O)n1-c1cccc(OC)c1)CCCCC3. The number of ether oxygens (including phenoxy) is 1. The summed E-state index contributed by atoms with van der Waals surface area (Å²) >= 11 is 2.93. The van der Waals surface area contributed by atoms with E-state index in [4.69, 9.17) is 9.72 Å². The zero-order valence-electron chi connectivity index (χ0n) is 17.4. The molecule has 1 amide bonds. The molecule has 30 heavy (non-hydrogen) atoms. The average molecular weight is 444 g/mol. The summed E-state index contributed by atoms with van der Waals surface area (Å²) < 4.78 is 7.00. The number of fused-ring (bicyclic) bond motifs is 3. The summed E-state index contributed by atoms with van der Waals surface area (Å²) in [6.45, 7) is 1.82. The molecule has 3 aromatic rings. The van der Waals surface area contributed by atoms with Gasteiger partial charge in [0.15, 0.2) is 5.16 Å². The highest BCUT2D eigenvalue weighted by Gasteiger charge is 2.24. The van der Waals surface area contributed by atoms with E-state index >= 15 is 0 Å². The number of rotatable bonds is 5. The van der Waals surface area contributed by atoms with E-state index in [0.717, 1.165) is 41.5 Å². The van der Waals surface area contributed by atoms with Gasteiger partial charge >= 0.3 is 0 Å². The highest BCUT2D eigenvalue weighted by atomic mass is 32.2. The average Bonchev–Trinajstić information content (AvgIpc) is 2.94. The van der Waals surface area contributed by atoms with Gasteiger partial charge in [-0.2, -0.15) is 0 Å². The minimum atomic E-state index is -0.381. The third kappa shape index (κ3) is 3.86. The van der Waals surface area contributed by atoms with E-state index in [1.165, 1.54) is 23.1 Å². The Kier molecular flexibility index (Phi) is 6.15. The van der Waals surface area contributed by atoms with Gasteiger partial charge in [-0.15, -0.1) is 11.3 Å². The van der Waals surface area contributed by atoms with Crippen molar-refractivity contribution in [2.45, 2.75) is 49.4 Å². The van der Waals surface area contributed by atoms with Gasteiger partial charge in [0.25, 0.3) is 5.56 Å². The molecule has 0 saturated carbocycles. The van der Waals surface area contributed by atoms with E-state index in [-0.39, 0.29) is 16.7 Å². The first-order valence-electron chi connectivity index (χ1n) is 10.1.